The van der Waals surface area contributed by atoms with Crippen molar-refractivity contribution in [1.82, 2.24) is 5.32 Å². The van der Waals surface area contributed by atoms with Gasteiger partial charge < -0.3 is 15.7 Å². The molecule has 0 aliphatic carbocycles. The van der Waals surface area contributed by atoms with E-state index < -0.39 is 17.6 Å². The summed E-state index contributed by atoms with van der Waals surface area (Å²) in [4.78, 5) is 24.5. The fourth-order valence-corrected chi connectivity index (χ4v) is 2.56. The summed E-state index contributed by atoms with van der Waals surface area (Å²) in [5.41, 5.74) is 0.849. The van der Waals surface area contributed by atoms with Gasteiger partial charge in [-0.05, 0) is 29.8 Å². The predicted molar refractivity (Wildman–Crippen MR) is 86.6 cm³/mol. The summed E-state index contributed by atoms with van der Waals surface area (Å²) in [5.74, 6) is -2.08. The quantitative estimate of drug-likeness (QED) is 0.759. The van der Waals surface area contributed by atoms with Gasteiger partial charge in [0.2, 0.25) is 0 Å². The minimum absolute atomic E-state index is 0.127. The number of hydrogen-bond donors (Lipinski definition) is 3. The normalized spacial score (nSPS) is 17.4. The van der Waals surface area contributed by atoms with E-state index in [1.165, 1.54) is 24.3 Å². The molecule has 1 heterocycles. The molecule has 1 unspecified atom stereocenters. The van der Waals surface area contributed by atoms with Gasteiger partial charge in [0.25, 0.3) is 11.8 Å². The summed E-state index contributed by atoms with van der Waals surface area (Å²) in [6, 6.07) is 13.9. The molecule has 1 atom stereocenters. The Labute approximate surface area is 137 Å². The lowest BCUT2D eigenvalue weighted by Gasteiger charge is -2.25. The fraction of sp³-hybridized carbons (Fsp3) is 0.111. The molecule has 2 amide bonds. The van der Waals surface area contributed by atoms with Crippen molar-refractivity contribution in [1.29, 1.82) is 0 Å². The number of benzene rings is 2. The highest BCUT2D eigenvalue weighted by Crippen LogP contribution is 2.27. The van der Waals surface area contributed by atoms with Crippen molar-refractivity contribution in [2.75, 3.05) is 5.32 Å². The Kier molecular flexibility index (Phi) is 4.29. The Balaban J connectivity index is 1.78. The first-order valence-corrected chi connectivity index (χ1v) is 7.39. The molecule has 0 bridgehead atoms. The number of carbonyl (C=O) groups is 2. The van der Waals surface area contributed by atoms with Crippen LogP contribution in [0.1, 0.15) is 18.0 Å². The number of aliphatic hydroxyl groups excluding tert-OH is 1. The molecular weight excluding hydrogens is 311 g/mol. The van der Waals surface area contributed by atoms with E-state index in [0.717, 1.165) is 5.56 Å². The van der Waals surface area contributed by atoms with Crippen molar-refractivity contribution < 1.29 is 19.1 Å². The highest BCUT2D eigenvalue weighted by molar-refractivity contribution is 6.23. The van der Waals surface area contributed by atoms with Gasteiger partial charge >= 0.3 is 0 Å². The van der Waals surface area contributed by atoms with E-state index in [-0.39, 0.29) is 23.8 Å². The maximum atomic E-state index is 12.9. The SMILES string of the molecule is O=C(Nc1ccc(F)cc1)C1=C(O)CC(c2ccccc2)NC1=O. The number of halogens is 1. The standard InChI is InChI=1S/C18H15FN2O3/c19-12-6-8-13(9-7-12)20-17(23)16-15(22)10-14(21-18(16)24)11-4-2-1-3-5-11/h1-9,14,22H,10H2,(H,20,23)(H,21,24). The minimum Gasteiger partial charge on any atom is -0.511 e. The molecule has 5 nitrogen and oxygen atoms in total. The molecule has 3 N–H and O–H groups in total. The number of nitrogens with one attached hydrogen (secondary N) is 2. The van der Waals surface area contributed by atoms with Crippen LogP contribution in [0.2, 0.25) is 0 Å². The van der Waals surface area contributed by atoms with Gasteiger partial charge in [-0.25, -0.2) is 4.39 Å². The van der Waals surface area contributed by atoms with Gasteiger partial charge in [-0.2, -0.15) is 0 Å². The Hall–Kier alpha value is -3.15. The second-order valence-corrected chi connectivity index (χ2v) is 5.42. The fourth-order valence-electron chi connectivity index (χ4n) is 2.56. The zero-order valence-electron chi connectivity index (χ0n) is 12.6. The number of carbonyl (C=O) groups excluding carboxylic acids is 2. The van der Waals surface area contributed by atoms with Gasteiger partial charge in [-0.3, -0.25) is 9.59 Å². The Morgan fingerprint density at radius 2 is 1.79 bits per heavy atom. The van der Waals surface area contributed by atoms with Gasteiger partial charge in [-0.1, -0.05) is 30.3 Å². The molecule has 24 heavy (non-hydrogen) atoms. The van der Waals surface area contributed by atoms with Gasteiger partial charge in [0.1, 0.15) is 17.1 Å². The molecule has 122 valence electrons. The summed E-state index contributed by atoms with van der Waals surface area (Å²) >= 11 is 0. The van der Waals surface area contributed by atoms with Crippen LogP contribution in [-0.4, -0.2) is 16.9 Å². The summed E-state index contributed by atoms with van der Waals surface area (Å²) in [5, 5.41) is 15.3. The van der Waals surface area contributed by atoms with Crippen molar-refractivity contribution in [3.8, 4) is 0 Å². The highest BCUT2D eigenvalue weighted by Gasteiger charge is 2.32. The molecule has 0 saturated carbocycles. The predicted octanol–water partition coefficient (Wildman–Crippen LogP) is 2.84. The molecule has 0 spiro atoms. The number of anilines is 1. The van der Waals surface area contributed by atoms with E-state index >= 15 is 0 Å². The second-order valence-electron chi connectivity index (χ2n) is 5.42. The molecule has 0 radical (unpaired) electrons. The molecule has 0 fully saturated rings. The smallest absolute Gasteiger partial charge is 0.264 e. The van der Waals surface area contributed by atoms with Crippen LogP contribution in [0.15, 0.2) is 65.9 Å². The number of amides is 2. The van der Waals surface area contributed by atoms with Crippen LogP contribution in [0.4, 0.5) is 10.1 Å². The monoisotopic (exact) mass is 326 g/mol. The first-order valence-electron chi connectivity index (χ1n) is 7.39. The molecule has 2 aromatic carbocycles. The van der Waals surface area contributed by atoms with Crippen molar-refractivity contribution >= 4 is 17.5 Å². The third-order valence-electron chi connectivity index (χ3n) is 3.75. The molecule has 1 aliphatic heterocycles. The third kappa shape index (κ3) is 3.27. The van der Waals surface area contributed by atoms with Crippen LogP contribution >= 0.6 is 0 Å². The van der Waals surface area contributed by atoms with Crippen LogP contribution in [0, 0.1) is 5.82 Å². The topological polar surface area (TPSA) is 78.4 Å². The average molecular weight is 326 g/mol. The van der Waals surface area contributed by atoms with Crippen molar-refractivity contribution in [3.05, 3.63) is 77.3 Å². The summed E-state index contributed by atoms with van der Waals surface area (Å²) < 4.78 is 12.9. The van der Waals surface area contributed by atoms with E-state index in [4.69, 9.17) is 0 Å². The maximum Gasteiger partial charge on any atom is 0.264 e. The van der Waals surface area contributed by atoms with Crippen molar-refractivity contribution in [3.63, 3.8) is 0 Å². The zero-order chi connectivity index (χ0) is 17.1. The third-order valence-corrected chi connectivity index (χ3v) is 3.75. The molecule has 1 aliphatic rings. The first kappa shape index (κ1) is 15.7. The summed E-state index contributed by atoms with van der Waals surface area (Å²) in [7, 11) is 0. The highest BCUT2D eigenvalue weighted by atomic mass is 19.1. The van der Waals surface area contributed by atoms with E-state index in [1.807, 2.05) is 30.3 Å². The molecule has 2 aromatic rings. The van der Waals surface area contributed by atoms with E-state index in [2.05, 4.69) is 10.6 Å². The molecule has 3 rings (SSSR count). The van der Waals surface area contributed by atoms with E-state index in [0.29, 0.717) is 5.69 Å². The zero-order valence-corrected chi connectivity index (χ0v) is 12.6. The Bertz CT molecular complexity index is 801. The molecule has 0 saturated heterocycles. The second kappa shape index (κ2) is 6.54. The first-order chi connectivity index (χ1) is 11.5. The number of rotatable bonds is 3. The van der Waals surface area contributed by atoms with Crippen LogP contribution < -0.4 is 10.6 Å². The number of hydrogen-bond acceptors (Lipinski definition) is 3. The lowest BCUT2D eigenvalue weighted by Crippen LogP contribution is -2.39. The van der Waals surface area contributed by atoms with Crippen molar-refractivity contribution in [2.24, 2.45) is 0 Å². The lowest BCUT2D eigenvalue weighted by molar-refractivity contribution is -0.123. The average Bonchev–Trinajstić information content (AvgIpc) is 2.57. The van der Waals surface area contributed by atoms with Crippen LogP contribution in [0.5, 0.6) is 0 Å². The lowest BCUT2D eigenvalue weighted by atomic mass is 9.96. The van der Waals surface area contributed by atoms with Gasteiger partial charge in [-0.15, -0.1) is 0 Å². The largest absolute Gasteiger partial charge is 0.511 e. The van der Waals surface area contributed by atoms with E-state index in [1.54, 1.807) is 0 Å². The van der Waals surface area contributed by atoms with Crippen molar-refractivity contribution in [2.45, 2.75) is 12.5 Å². The van der Waals surface area contributed by atoms with Crippen LogP contribution in [0.25, 0.3) is 0 Å². The maximum absolute atomic E-state index is 12.9. The van der Waals surface area contributed by atoms with E-state index in [9.17, 15) is 19.1 Å². The molecule has 6 heteroatoms. The van der Waals surface area contributed by atoms with Gasteiger partial charge in [0.05, 0.1) is 6.04 Å². The summed E-state index contributed by atoms with van der Waals surface area (Å²) in [6.45, 7) is 0. The van der Waals surface area contributed by atoms with Gasteiger partial charge in [0, 0.05) is 12.1 Å². The van der Waals surface area contributed by atoms with Crippen LogP contribution in [0.3, 0.4) is 0 Å². The molecular formula is C18H15FN2O3. The number of aliphatic hydroxyl groups is 1. The Morgan fingerprint density at radius 3 is 2.42 bits per heavy atom. The molecule has 0 aromatic heterocycles. The minimum atomic E-state index is -0.733. The van der Waals surface area contributed by atoms with Gasteiger partial charge in [0.15, 0.2) is 0 Å². The summed E-state index contributed by atoms with van der Waals surface area (Å²) in [6.07, 6.45) is 0.127. The van der Waals surface area contributed by atoms with Crippen LogP contribution in [-0.2, 0) is 9.59 Å². The Morgan fingerprint density at radius 1 is 1.12 bits per heavy atom.